The van der Waals surface area contributed by atoms with Gasteiger partial charge in [-0.25, -0.2) is 0 Å². The van der Waals surface area contributed by atoms with E-state index in [1.807, 2.05) is 6.07 Å². The van der Waals surface area contributed by atoms with Crippen LogP contribution in [0, 0.1) is 11.3 Å². The Morgan fingerprint density at radius 3 is 2.70 bits per heavy atom. The first-order valence-corrected chi connectivity index (χ1v) is 6.77. The standard InChI is InChI=1S/C15H19N3O2/c1-20-13-6-5-12(9-11(13)10-16)18-14(19)15(17)7-3-2-4-8-15/h5-6,9H,2-4,7-8,17H2,1H3,(H,18,19). The molecule has 1 fully saturated rings. The zero-order valence-electron chi connectivity index (χ0n) is 11.6. The lowest BCUT2D eigenvalue weighted by Gasteiger charge is -2.31. The topological polar surface area (TPSA) is 88.1 Å². The van der Waals surface area contributed by atoms with Crippen molar-refractivity contribution in [3.8, 4) is 11.8 Å². The van der Waals surface area contributed by atoms with Gasteiger partial charge in [-0.05, 0) is 31.0 Å². The number of carbonyl (C=O) groups is 1. The summed E-state index contributed by atoms with van der Waals surface area (Å²) in [6, 6.07) is 7.02. The molecule has 2 rings (SSSR count). The Bertz CT molecular complexity index is 543. The number of hydrogen-bond donors (Lipinski definition) is 2. The number of hydrogen-bond acceptors (Lipinski definition) is 4. The predicted molar refractivity (Wildman–Crippen MR) is 76.3 cm³/mol. The highest BCUT2D eigenvalue weighted by Crippen LogP contribution is 2.28. The summed E-state index contributed by atoms with van der Waals surface area (Å²) in [6.45, 7) is 0. The van der Waals surface area contributed by atoms with Crippen molar-refractivity contribution >= 4 is 11.6 Å². The van der Waals surface area contributed by atoms with Crippen LogP contribution in [-0.2, 0) is 4.79 Å². The van der Waals surface area contributed by atoms with E-state index in [0.29, 0.717) is 29.8 Å². The summed E-state index contributed by atoms with van der Waals surface area (Å²) in [5.74, 6) is 0.317. The number of anilines is 1. The summed E-state index contributed by atoms with van der Waals surface area (Å²) in [5, 5.41) is 11.8. The number of ether oxygens (including phenoxy) is 1. The maximum Gasteiger partial charge on any atom is 0.244 e. The zero-order chi connectivity index (χ0) is 14.6. The van der Waals surface area contributed by atoms with Gasteiger partial charge in [0, 0.05) is 5.69 Å². The van der Waals surface area contributed by atoms with Crippen molar-refractivity contribution in [3.05, 3.63) is 23.8 Å². The van der Waals surface area contributed by atoms with Gasteiger partial charge >= 0.3 is 0 Å². The fourth-order valence-corrected chi connectivity index (χ4v) is 2.54. The smallest absolute Gasteiger partial charge is 0.244 e. The molecule has 1 aromatic carbocycles. The van der Waals surface area contributed by atoms with E-state index in [4.69, 9.17) is 15.7 Å². The molecular formula is C15H19N3O2. The third-order valence-electron chi connectivity index (χ3n) is 3.78. The highest BCUT2D eigenvalue weighted by atomic mass is 16.5. The largest absolute Gasteiger partial charge is 0.495 e. The molecule has 0 spiro atoms. The Kier molecular flexibility index (Phi) is 4.26. The van der Waals surface area contributed by atoms with Crippen LogP contribution in [0.4, 0.5) is 5.69 Å². The van der Waals surface area contributed by atoms with Gasteiger partial charge in [0.2, 0.25) is 5.91 Å². The second kappa shape index (κ2) is 5.93. The molecule has 3 N–H and O–H groups in total. The summed E-state index contributed by atoms with van der Waals surface area (Å²) >= 11 is 0. The predicted octanol–water partition coefficient (Wildman–Crippen LogP) is 2.17. The van der Waals surface area contributed by atoms with Gasteiger partial charge in [0.25, 0.3) is 0 Å². The first kappa shape index (κ1) is 14.4. The molecule has 0 atom stereocenters. The third-order valence-corrected chi connectivity index (χ3v) is 3.78. The number of methoxy groups -OCH3 is 1. The molecule has 1 saturated carbocycles. The minimum absolute atomic E-state index is 0.175. The quantitative estimate of drug-likeness (QED) is 0.883. The Balaban J connectivity index is 2.14. The van der Waals surface area contributed by atoms with Crippen LogP contribution in [-0.4, -0.2) is 18.6 Å². The Labute approximate surface area is 118 Å². The number of rotatable bonds is 3. The van der Waals surface area contributed by atoms with Crippen molar-refractivity contribution < 1.29 is 9.53 Å². The maximum atomic E-state index is 12.3. The Hall–Kier alpha value is -2.06. The molecule has 20 heavy (non-hydrogen) atoms. The third kappa shape index (κ3) is 2.91. The van der Waals surface area contributed by atoms with Gasteiger partial charge in [-0.3, -0.25) is 4.79 Å². The van der Waals surface area contributed by atoms with Crippen LogP contribution in [0.2, 0.25) is 0 Å². The molecule has 0 heterocycles. The number of nitrogens with one attached hydrogen (secondary N) is 1. The molecule has 0 aliphatic heterocycles. The van der Waals surface area contributed by atoms with Gasteiger partial charge in [-0.15, -0.1) is 0 Å². The molecule has 106 valence electrons. The molecule has 1 aliphatic carbocycles. The fourth-order valence-electron chi connectivity index (χ4n) is 2.54. The number of amides is 1. The van der Waals surface area contributed by atoms with Gasteiger partial charge < -0.3 is 15.8 Å². The van der Waals surface area contributed by atoms with Crippen molar-refractivity contribution in [1.82, 2.24) is 0 Å². The van der Waals surface area contributed by atoms with Gasteiger partial charge in [0.1, 0.15) is 11.8 Å². The maximum absolute atomic E-state index is 12.3. The molecule has 0 unspecified atom stereocenters. The summed E-state index contributed by atoms with van der Waals surface area (Å²) in [6.07, 6.45) is 4.51. The van der Waals surface area contributed by atoms with E-state index in [1.165, 1.54) is 7.11 Å². The molecule has 1 amide bonds. The first-order chi connectivity index (χ1) is 9.59. The number of carbonyl (C=O) groups excluding carboxylic acids is 1. The van der Waals surface area contributed by atoms with Crippen molar-refractivity contribution in [3.63, 3.8) is 0 Å². The van der Waals surface area contributed by atoms with E-state index in [1.54, 1.807) is 18.2 Å². The van der Waals surface area contributed by atoms with E-state index in [9.17, 15) is 4.79 Å². The molecular weight excluding hydrogens is 254 g/mol. The van der Waals surface area contributed by atoms with Crippen molar-refractivity contribution in [2.45, 2.75) is 37.6 Å². The van der Waals surface area contributed by atoms with Crippen LogP contribution in [0.15, 0.2) is 18.2 Å². The lowest BCUT2D eigenvalue weighted by molar-refractivity contribution is -0.122. The highest BCUT2D eigenvalue weighted by Gasteiger charge is 2.35. The molecule has 0 radical (unpaired) electrons. The van der Waals surface area contributed by atoms with Crippen molar-refractivity contribution in [2.24, 2.45) is 5.73 Å². The molecule has 0 bridgehead atoms. The molecule has 1 aromatic rings. The average Bonchev–Trinajstić information content (AvgIpc) is 2.47. The monoisotopic (exact) mass is 273 g/mol. The minimum Gasteiger partial charge on any atom is -0.495 e. The van der Waals surface area contributed by atoms with Crippen LogP contribution < -0.4 is 15.8 Å². The lowest BCUT2D eigenvalue weighted by Crippen LogP contribution is -2.52. The Morgan fingerprint density at radius 2 is 2.10 bits per heavy atom. The van der Waals surface area contributed by atoms with E-state index >= 15 is 0 Å². The number of nitrogens with zero attached hydrogens (tertiary/aromatic N) is 1. The van der Waals surface area contributed by atoms with E-state index in [0.717, 1.165) is 19.3 Å². The minimum atomic E-state index is -0.787. The first-order valence-electron chi connectivity index (χ1n) is 6.77. The summed E-state index contributed by atoms with van der Waals surface area (Å²) in [7, 11) is 1.51. The van der Waals surface area contributed by atoms with Crippen LogP contribution in [0.3, 0.4) is 0 Å². The lowest BCUT2D eigenvalue weighted by atomic mass is 9.82. The van der Waals surface area contributed by atoms with E-state index in [2.05, 4.69) is 5.32 Å². The molecule has 5 heteroatoms. The van der Waals surface area contributed by atoms with Crippen LogP contribution in [0.25, 0.3) is 0 Å². The molecule has 0 saturated heterocycles. The van der Waals surface area contributed by atoms with Crippen molar-refractivity contribution in [2.75, 3.05) is 12.4 Å². The van der Waals surface area contributed by atoms with Gasteiger partial charge in [0.05, 0.1) is 18.2 Å². The fraction of sp³-hybridized carbons (Fsp3) is 0.467. The zero-order valence-corrected chi connectivity index (χ0v) is 11.6. The summed E-state index contributed by atoms with van der Waals surface area (Å²) < 4.78 is 5.07. The average molecular weight is 273 g/mol. The SMILES string of the molecule is COc1ccc(NC(=O)C2(N)CCCCC2)cc1C#N. The van der Waals surface area contributed by atoms with Gasteiger partial charge in [-0.2, -0.15) is 5.26 Å². The highest BCUT2D eigenvalue weighted by molar-refractivity contribution is 5.98. The number of benzene rings is 1. The van der Waals surface area contributed by atoms with Crippen molar-refractivity contribution in [1.29, 1.82) is 5.26 Å². The molecule has 1 aliphatic rings. The molecule has 5 nitrogen and oxygen atoms in total. The van der Waals surface area contributed by atoms with Crippen LogP contribution >= 0.6 is 0 Å². The summed E-state index contributed by atoms with van der Waals surface area (Å²) in [4.78, 5) is 12.3. The van der Waals surface area contributed by atoms with Crippen LogP contribution in [0.1, 0.15) is 37.7 Å². The van der Waals surface area contributed by atoms with E-state index in [-0.39, 0.29) is 5.91 Å². The van der Waals surface area contributed by atoms with Gasteiger partial charge in [-0.1, -0.05) is 19.3 Å². The van der Waals surface area contributed by atoms with Crippen LogP contribution in [0.5, 0.6) is 5.75 Å². The second-order valence-electron chi connectivity index (χ2n) is 5.20. The second-order valence-corrected chi connectivity index (χ2v) is 5.20. The van der Waals surface area contributed by atoms with E-state index < -0.39 is 5.54 Å². The number of nitriles is 1. The normalized spacial score (nSPS) is 17.1. The summed E-state index contributed by atoms with van der Waals surface area (Å²) in [5.41, 5.74) is 6.35. The molecule has 0 aromatic heterocycles. The number of nitrogens with two attached hydrogens (primary N) is 1. The Morgan fingerprint density at radius 1 is 1.40 bits per heavy atom. The van der Waals surface area contributed by atoms with Gasteiger partial charge in [0.15, 0.2) is 0 Å².